The SMILES string of the molecule is CCNc1cc(Oc2cccc(CC)c2)nc(C2CC2)n1. The highest BCUT2D eigenvalue weighted by Crippen LogP contribution is 2.39. The lowest BCUT2D eigenvalue weighted by Crippen LogP contribution is -2.04. The van der Waals surface area contributed by atoms with E-state index in [1.165, 1.54) is 18.4 Å². The van der Waals surface area contributed by atoms with Crippen molar-refractivity contribution in [3.05, 3.63) is 41.7 Å². The second-order valence-electron chi connectivity index (χ2n) is 5.36. The van der Waals surface area contributed by atoms with Gasteiger partial charge in [0.2, 0.25) is 5.88 Å². The lowest BCUT2D eigenvalue weighted by atomic mass is 10.2. The molecule has 110 valence electrons. The zero-order valence-electron chi connectivity index (χ0n) is 12.6. The van der Waals surface area contributed by atoms with E-state index in [1.807, 2.05) is 18.2 Å². The van der Waals surface area contributed by atoms with Crippen molar-refractivity contribution in [1.29, 1.82) is 0 Å². The summed E-state index contributed by atoms with van der Waals surface area (Å²) in [6, 6.07) is 10.0. The van der Waals surface area contributed by atoms with E-state index in [2.05, 4.69) is 41.3 Å². The minimum atomic E-state index is 0.507. The maximum atomic E-state index is 5.94. The molecule has 3 rings (SSSR count). The number of nitrogens with zero attached hydrogens (tertiary/aromatic N) is 2. The molecule has 4 heteroatoms. The van der Waals surface area contributed by atoms with Gasteiger partial charge in [-0.25, -0.2) is 4.98 Å². The van der Waals surface area contributed by atoms with Crippen LogP contribution in [0.1, 0.15) is 44.0 Å². The van der Waals surface area contributed by atoms with Gasteiger partial charge in [-0.1, -0.05) is 19.1 Å². The predicted octanol–water partition coefficient (Wildman–Crippen LogP) is 4.14. The molecule has 21 heavy (non-hydrogen) atoms. The van der Waals surface area contributed by atoms with Crippen molar-refractivity contribution in [2.45, 2.75) is 39.0 Å². The van der Waals surface area contributed by atoms with E-state index in [0.29, 0.717) is 11.8 Å². The topological polar surface area (TPSA) is 47.0 Å². The zero-order valence-corrected chi connectivity index (χ0v) is 12.6. The molecule has 0 atom stereocenters. The fraction of sp³-hybridized carbons (Fsp3) is 0.412. The molecule has 1 aliphatic carbocycles. The van der Waals surface area contributed by atoms with Gasteiger partial charge in [-0.15, -0.1) is 0 Å². The number of rotatable bonds is 6. The van der Waals surface area contributed by atoms with Gasteiger partial charge in [0.15, 0.2) is 0 Å². The lowest BCUT2D eigenvalue weighted by molar-refractivity contribution is 0.458. The minimum Gasteiger partial charge on any atom is -0.439 e. The summed E-state index contributed by atoms with van der Waals surface area (Å²) in [5, 5.41) is 3.25. The van der Waals surface area contributed by atoms with E-state index >= 15 is 0 Å². The molecular formula is C17H21N3O. The molecule has 4 nitrogen and oxygen atoms in total. The molecule has 1 aromatic heterocycles. The standard InChI is InChI=1S/C17H21N3O/c1-3-12-6-5-7-14(10-12)21-16-11-15(18-4-2)19-17(20-16)13-8-9-13/h5-7,10-11,13H,3-4,8-9H2,1-2H3,(H,18,19,20). The van der Waals surface area contributed by atoms with Crippen molar-refractivity contribution in [3.8, 4) is 11.6 Å². The molecule has 0 radical (unpaired) electrons. The Labute approximate surface area is 125 Å². The van der Waals surface area contributed by atoms with Crippen molar-refractivity contribution >= 4 is 5.82 Å². The van der Waals surface area contributed by atoms with E-state index in [1.54, 1.807) is 0 Å². The molecule has 1 heterocycles. The third kappa shape index (κ3) is 3.51. The number of aromatic nitrogens is 2. The summed E-state index contributed by atoms with van der Waals surface area (Å²) < 4.78 is 5.94. The number of hydrogen-bond donors (Lipinski definition) is 1. The highest BCUT2D eigenvalue weighted by molar-refractivity contribution is 5.41. The zero-order chi connectivity index (χ0) is 14.7. The van der Waals surface area contributed by atoms with Gasteiger partial charge in [-0.3, -0.25) is 0 Å². The quantitative estimate of drug-likeness (QED) is 0.865. The second kappa shape index (κ2) is 6.12. The van der Waals surface area contributed by atoms with Crippen molar-refractivity contribution in [3.63, 3.8) is 0 Å². The average Bonchev–Trinajstić information content (AvgIpc) is 3.32. The predicted molar refractivity (Wildman–Crippen MR) is 84.1 cm³/mol. The monoisotopic (exact) mass is 283 g/mol. The summed E-state index contributed by atoms with van der Waals surface area (Å²) >= 11 is 0. The third-order valence-corrected chi connectivity index (χ3v) is 3.55. The number of anilines is 1. The van der Waals surface area contributed by atoms with Gasteiger partial charge in [-0.05, 0) is 43.9 Å². The molecule has 1 aromatic carbocycles. The van der Waals surface area contributed by atoms with Crippen LogP contribution in [0.2, 0.25) is 0 Å². The van der Waals surface area contributed by atoms with Crippen LogP contribution in [0.3, 0.4) is 0 Å². The first-order chi connectivity index (χ1) is 10.3. The Morgan fingerprint density at radius 2 is 2.05 bits per heavy atom. The minimum absolute atomic E-state index is 0.507. The summed E-state index contributed by atoms with van der Waals surface area (Å²) in [4.78, 5) is 9.11. The van der Waals surface area contributed by atoms with Crippen LogP contribution in [-0.4, -0.2) is 16.5 Å². The molecule has 0 spiro atoms. The summed E-state index contributed by atoms with van der Waals surface area (Å²) in [5.74, 6) is 3.70. The van der Waals surface area contributed by atoms with E-state index < -0.39 is 0 Å². The van der Waals surface area contributed by atoms with Crippen molar-refractivity contribution in [2.24, 2.45) is 0 Å². The van der Waals surface area contributed by atoms with Gasteiger partial charge in [0.1, 0.15) is 17.4 Å². The summed E-state index contributed by atoms with van der Waals surface area (Å²) in [6.45, 7) is 5.04. The Hall–Kier alpha value is -2.10. The van der Waals surface area contributed by atoms with Crippen LogP contribution in [0.25, 0.3) is 0 Å². The van der Waals surface area contributed by atoms with Crippen molar-refractivity contribution < 1.29 is 4.74 Å². The van der Waals surface area contributed by atoms with Crippen LogP contribution in [0.4, 0.5) is 5.82 Å². The molecule has 1 saturated carbocycles. The summed E-state index contributed by atoms with van der Waals surface area (Å²) in [5.41, 5.74) is 1.26. The summed E-state index contributed by atoms with van der Waals surface area (Å²) in [6.07, 6.45) is 3.36. The van der Waals surface area contributed by atoms with Gasteiger partial charge in [0.25, 0.3) is 0 Å². The normalized spacial score (nSPS) is 14.0. The first-order valence-corrected chi connectivity index (χ1v) is 7.68. The molecule has 0 aliphatic heterocycles. The van der Waals surface area contributed by atoms with Gasteiger partial charge in [0.05, 0.1) is 0 Å². The molecule has 0 amide bonds. The van der Waals surface area contributed by atoms with E-state index in [9.17, 15) is 0 Å². The maximum absolute atomic E-state index is 5.94. The highest BCUT2D eigenvalue weighted by Gasteiger charge is 2.27. The Kier molecular flexibility index (Phi) is 4.04. The Morgan fingerprint density at radius 1 is 1.19 bits per heavy atom. The van der Waals surface area contributed by atoms with E-state index in [-0.39, 0.29) is 0 Å². The molecule has 1 aliphatic rings. The number of benzene rings is 1. The van der Waals surface area contributed by atoms with Crippen LogP contribution in [-0.2, 0) is 6.42 Å². The van der Waals surface area contributed by atoms with Crippen LogP contribution < -0.4 is 10.1 Å². The van der Waals surface area contributed by atoms with Gasteiger partial charge in [-0.2, -0.15) is 4.98 Å². The Bertz CT molecular complexity index is 623. The van der Waals surface area contributed by atoms with Gasteiger partial charge >= 0.3 is 0 Å². The average molecular weight is 283 g/mol. The highest BCUT2D eigenvalue weighted by atomic mass is 16.5. The van der Waals surface area contributed by atoms with Crippen LogP contribution >= 0.6 is 0 Å². The molecule has 2 aromatic rings. The van der Waals surface area contributed by atoms with Crippen molar-refractivity contribution in [2.75, 3.05) is 11.9 Å². The molecule has 1 fully saturated rings. The first-order valence-electron chi connectivity index (χ1n) is 7.68. The Morgan fingerprint density at radius 3 is 2.76 bits per heavy atom. The van der Waals surface area contributed by atoms with Crippen LogP contribution in [0, 0.1) is 0 Å². The van der Waals surface area contributed by atoms with Crippen LogP contribution in [0.5, 0.6) is 11.6 Å². The lowest BCUT2D eigenvalue weighted by Gasteiger charge is -2.10. The number of aryl methyl sites for hydroxylation is 1. The number of ether oxygens (including phenoxy) is 1. The second-order valence-corrected chi connectivity index (χ2v) is 5.36. The number of nitrogens with one attached hydrogen (secondary N) is 1. The molecule has 0 saturated heterocycles. The van der Waals surface area contributed by atoms with E-state index in [4.69, 9.17) is 4.74 Å². The Balaban J connectivity index is 1.85. The fourth-order valence-corrected chi connectivity index (χ4v) is 2.24. The maximum Gasteiger partial charge on any atom is 0.224 e. The fourth-order valence-electron chi connectivity index (χ4n) is 2.24. The molecule has 1 N–H and O–H groups in total. The van der Waals surface area contributed by atoms with Gasteiger partial charge < -0.3 is 10.1 Å². The first kappa shape index (κ1) is 13.9. The number of hydrogen-bond acceptors (Lipinski definition) is 4. The molecule has 0 unspecified atom stereocenters. The molecule has 0 bridgehead atoms. The van der Waals surface area contributed by atoms with Crippen LogP contribution in [0.15, 0.2) is 30.3 Å². The van der Waals surface area contributed by atoms with Crippen molar-refractivity contribution in [1.82, 2.24) is 9.97 Å². The van der Waals surface area contributed by atoms with Gasteiger partial charge in [0, 0.05) is 18.5 Å². The largest absolute Gasteiger partial charge is 0.439 e. The molecular weight excluding hydrogens is 262 g/mol. The third-order valence-electron chi connectivity index (χ3n) is 3.55. The smallest absolute Gasteiger partial charge is 0.224 e. The summed E-state index contributed by atoms with van der Waals surface area (Å²) in [7, 11) is 0. The van der Waals surface area contributed by atoms with E-state index in [0.717, 1.165) is 30.4 Å².